The molecule has 0 bridgehead atoms. The fourth-order valence-electron chi connectivity index (χ4n) is 1.92. The van der Waals surface area contributed by atoms with E-state index in [0.717, 1.165) is 16.1 Å². The van der Waals surface area contributed by atoms with Crippen LogP contribution in [0.3, 0.4) is 0 Å². The van der Waals surface area contributed by atoms with Crippen LogP contribution in [0.2, 0.25) is 0 Å². The molecule has 1 heterocycles. The highest BCUT2D eigenvalue weighted by atomic mass is 32.1. The van der Waals surface area contributed by atoms with E-state index in [1.165, 1.54) is 0 Å². The molecule has 2 rings (SSSR count). The standard InChI is InChI=1S/C15H16N2O3S/c18-13(6-3-7-14(19)20)17-10-11-4-1-2-5-12(11)15-16-8-9-21-15/h1-2,4-5,8-9H,3,6-7,10H2,(H,17,18)(H,19,20). The Kier molecular flexibility index (Phi) is 5.45. The van der Waals surface area contributed by atoms with Gasteiger partial charge in [-0.25, -0.2) is 4.98 Å². The van der Waals surface area contributed by atoms with Crippen LogP contribution in [0.1, 0.15) is 24.8 Å². The summed E-state index contributed by atoms with van der Waals surface area (Å²) in [5.74, 6) is -1.01. The van der Waals surface area contributed by atoms with Crippen molar-refractivity contribution in [1.82, 2.24) is 10.3 Å². The van der Waals surface area contributed by atoms with Gasteiger partial charge in [0.1, 0.15) is 5.01 Å². The van der Waals surface area contributed by atoms with Gasteiger partial charge in [0, 0.05) is 36.5 Å². The number of aromatic nitrogens is 1. The number of carboxylic acids is 1. The van der Waals surface area contributed by atoms with Crippen molar-refractivity contribution in [3.63, 3.8) is 0 Å². The maximum absolute atomic E-state index is 11.7. The lowest BCUT2D eigenvalue weighted by Gasteiger charge is -2.09. The summed E-state index contributed by atoms with van der Waals surface area (Å²) in [5.41, 5.74) is 2.01. The summed E-state index contributed by atoms with van der Waals surface area (Å²) in [6.45, 7) is 0.418. The Hall–Kier alpha value is -2.21. The second kappa shape index (κ2) is 7.54. The molecule has 21 heavy (non-hydrogen) atoms. The number of hydrogen-bond donors (Lipinski definition) is 2. The van der Waals surface area contributed by atoms with Gasteiger partial charge in [-0.15, -0.1) is 11.3 Å². The lowest BCUT2D eigenvalue weighted by molar-refractivity contribution is -0.137. The van der Waals surface area contributed by atoms with Crippen molar-refractivity contribution in [2.75, 3.05) is 0 Å². The molecule has 0 fully saturated rings. The maximum Gasteiger partial charge on any atom is 0.303 e. The number of aliphatic carboxylic acids is 1. The number of hydrogen-bond acceptors (Lipinski definition) is 4. The van der Waals surface area contributed by atoms with Crippen molar-refractivity contribution >= 4 is 23.2 Å². The first-order valence-electron chi connectivity index (χ1n) is 6.63. The third-order valence-corrected chi connectivity index (χ3v) is 3.76. The lowest BCUT2D eigenvalue weighted by Crippen LogP contribution is -2.22. The summed E-state index contributed by atoms with van der Waals surface area (Å²) < 4.78 is 0. The van der Waals surface area contributed by atoms with E-state index < -0.39 is 5.97 Å². The van der Waals surface area contributed by atoms with Crippen LogP contribution >= 0.6 is 11.3 Å². The van der Waals surface area contributed by atoms with Crippen molar-refractivity contribution in [3.05, 3.63) is 41.4 Å². The molecular formula is C15H16N2O3S. The average molecular weight is 304 g/mol. The van der Waals surface area contributed by atoms with Gasteiger partial charge in [0.15, 0.2) is 0 Å². The Balaban J connectivity index is 1.92. The number of amides is 1. The minimum absolute atomic E-state index is 0.0170. The number of nitrogens with one attached hydrogen (secondary N) is 1. The van der Waals surface area contributed by atoms with Crippen LogP contribution in [-0.2, 0) is 16.1 Å². The van der Waals surface area contributed by atoms with Crippen LogP contribution in [0, 0.1) is 0 Å². The van der Waals surface area contributed by atoms with Crippen molar-refractivity contribution < 1.29 is 14.7 Å². The number of carboxylic acid groups (broad SMARTS) is 1. The molecule has 0 unspecified atom stereocenters. The fraction of sp³-hybridized carbons (Fsp3) is 0.267. The minimum atomic E-state index is -0.878. The Morgan fingerprint density at radius 3 is 2.76 bits per heavy atom. The summed E-state index contributed by atoms with van der Waals surface area (Å²) in [4.78, 5) is 26.4. The number of thiazole rings is 1. The van der Waals surface area contributed by atoms with Gasteiger partial charge in [-0.3, -0.25) is 9.59 Å². The van der Waals surface area contributed by atoms with Crippen molar-refractivity contribution in [3.8, 4) is 10.6 Å². The molecule has 1 aromatic carbocycles. The van der Waals surface area contributed by atoms with Gasteiger partial charge < -0.3 is 10.4 Å². The van der Waals surface area contributed by atoms with E-state index in [0.29, 0.717) is 13.0 Å². The molecule has 2 N–H and O–H groups in total. The van der Waals surface area contributed by atoms with Crippen LogP contribution in [-0.4, -0.2) is 22.0 Å². The summed E-state index contributed by atoms with van der Waals surface area (Å²) in [6.07, 6.45) is 2.35. The Morgan fingerprint density at radius 1 is 1.24 bits per heavy atom. The van der Waals surface area contributed by atoms with Crippen molar-refractivity contribution in [2.24, 2.45) is 0 Å². The topological polar surface area (TPSA) is 79.3 Å². The van der Waals surface area contributed by atoms with Crippen LogP contribution in [0.4, 0.5) is 0 Å². The molecule has 0 atom stereocenters. The van der Waals surface area contributed by atoms with Gasteiger partial charge in [-0.2, -0.15) is 0 Å². The second-order valence-corrected chi connectivity index (χ2v) is 5.41. The van der Waals surface area contributed by atoms with E-state index in [-0.39, 0.29) is 18.7 Å². The van der Waals surface area contributed by atoms with Gasteiger partial charge in [0.05, 0.1) is 0 Å². The molecule has 0 aliphatic carbocycles. The normalized spacial score (nSPS) is 10.3. The molecule has 0 aliphatic heterocycles. The summed E-state index contributed by atoms with van der Waals surface area (Å²) in [5, 5.41) is 14.2. The number of carbonyl (C=O) groups excluding carboxylic acids is 1. The molecule has 0 radical (unpaired) electrons. The van der Waals surface area contributed by atoms with E-state index in [4.69, 9.17) is 5.11 Å². The Bertz CT molecular complexity index is 611. The van der Waals surface area contributed by atoms with E-state index in [1.807, 2.05) is 29.6 Å². The molecule has 2 aromatic rings. The molecule has 1 amide bonds. The zero-order valence-electron chi connectivity index (χ0n) is 11.4. The number of rotatable bonds is 7. The van der Waals surface area contributed by atoms with Crippen LogP contribution in [0.5, 0.6) is 0 Å². The molecule has 5 nitrogen and oxygen atoms in total. The molecule has 0 aliphatic rings. The van der Waals surface area contributed by atoms with Crippen molar-refractivity contribution in [1.29, 1.82) is 0 Å². The van der Waals surface area contributed by atoms with Crippen LogP contribution in [0.15, 0.2) is 35.8 Å². The second-order valence-electron chi connectivity index (χ2n) is 4.52. The molecular weight excluding hydrogens is 288 g/mol. The first kappa shape index (κ1) is 15.2. The summed E-state index contributed by atoms with van der Waals surface area (Å²) >= 11 is 1.55. The van der Waals surface area contributed by atoms with E-state index in [9.17, 15) is 9.59 Å². The highest BCUT2D eigenvalue weighted by Crippen LogP contribution is 2.25. The van der Waals surface area contributed by atoms with E-state index in [2.05, 4.69) is 10.3 Å². The molecule has 6 heteroatoms. The average Bonchev–Trinajstić information content (AvgIpc) is 2.99. The van der Waals surface area contributed by atoms with Gasteiger partial charge in [-0.1, -0.05) is 24.3 Å². The molecule has 0 spiro atoms. The largest absolute Gasteiger partial charge is 0.481 e. The van der Waals surface area contributed by atoms with E-state index >= 15 is 0 Å². The third kappa shape index (κ3) is 4.68. The van der Waals surface area contributed by atoms with E-state index in [1.54, 1.807) is 17.5 Å². The highest BCUT2D eigenvalue weighted by molar-refractivity contribution is 7.13. The first-order valence-corrected chi connectivity index (χ1v) is 7.51. The van der Waals surface area contributed by atoms with Gasteiger partial charge in [0.2, 0.25) is 5.91 Å². The highest BCUT2D eigenvalue weighted by Gasteiger charge is 2.08. The number of carbonyl (C=O) groups is 2. The molecule has 1 aromatic heterocycles. The number of benzene rings is 1. The molecule has 0 saturated heterocycles. The Labute approximate surface area is 126 Å². The zero-order chi connectivity index (χ0) is 15.1. The fourth-order valence-corrected chi connectivity index (χ4v) is 2.62. The summed E-state index contributed by atoms with van der Waals surface area (Å²) in [7, 11) is 0. The van der Waals surface area contributed by atoms with Crippen molar-refractivity contribution in [2.45, 2.75) is 25.8 Å². The third-order valence-electron chi connectivity index (χ3n) is 2.95. The quantitative estimate of drug-likeness (QED) is 0.824. The molecule has 110 valence electrons. The molecule has 0 saturated carbocycles. The van der Waals surface area contributed by atoms with Gasteiger partial charge in [0.25, 0.3) is 0 Å². The first-order chi connectivity index (χ1) is 10.2. The predicted molar refractivity (Wildman–Crippen MR) is 80.9 cm³/mol. The monoisotopic (exact) mass is 304 g/mol. The van der Waals surface area contributed by atoms with Crippen LogP contribution in [0.25, 0.3) is 10.6 Å². The lowest BCUT2D eigenvalue weighted by atomic mass is 10.1. The Morgan fingerprint density at radius 2 is 2.05 bits per heavy atom. The predicted octanol–water partition coefficient (Wildman–Crippen LogP) is 2.68. The van der Waals surface area contributed by atoms with Crippen LogP contribution < -0.4 is 5.32 Å². The summed E-state index contributed by atoms with van der Waals surface area (Å²) in [6, 6.07) is 7.79. The number of nitrogens with zero attached hydrogens (tertiary/aromatic N) is 1. The minimum Gasteiger partial charge on any atom is -0.481 e. The maximum atomic E-state index is 11.7. The van der Waals surface area contributed by atoms with Gasteiger partial charge >= 0.3 is 5.97 Å². The smallest absolute Gasteiger partial charge is 0.303 e. The van der Waals surface area contributed by atoms with Gasteiger partial charge in [-0.05, 0) is 12.0 Å². The SMILES string of the molecule is O=C(O)CCCC(=O)NCc1ccccc1-c1nccs1. The zero-order valence-corrected chi connectivity index (χ0v) is 12.2.